The van der Waals surface area contributed by atoms with E-state index in [4.69, 9.17) is 14.2 Å². The van der Waals surface area contributed by atoms with Gasteiger partial charge in [0.1, 0.15) is 0 Å². The molecule has 7 nitrogen and oxygen atoms in total. The highest BCUT2D eigenvalue weighted by Gasteiger charge is 2.57. The minimum Gasteiger partial charge on any atom is -0.465 e. The molecule has 1 rings (SSSR count). The lowest BCUT2D eigenvalue weighted by Crippen LogP contribution is -2.50. The van der Waals surface area contributed by atoms with Crippen LogP contribution in [0.1, 0.15) is 27.2 Å². The number of ether oxygens (including phenoxy) is 3. The van der Waals surface area contributed by atoms with E-state index >= 15 is 0 Å². The van der Waals surface area contributed by atoms with Gasteiger partial charge in [0, 0.05) is 10.6 Å². The second-order valence-electron chi connectivity index (χ2n) is 5.18. The van der Waals surface area contributed by atoms with Crippen molar-refractivity contribution in [2.45, 2.75) is 32.1 Å². The Morgan fingerprint density at radius 2 is 1.27 bits per heavy atom. The molecule has 0 saturated heterocycles. The molecule has 0 aliphatic heterocycles. The quantitative estimate of drug-likeness (QED) is 0.345. The molecule has 0 aromatic heterocycles. The van der Waals surface area contributed by atoms with Gasteiger partial charge in [-0.1, -0.05) is 18.2 Å². The molecule has 1 unspecified atom stereocenters. The first-order valence-electron chi connectivity index (χ1n) is 8.39. The highest BCUT2D eigenvalue weighted by Crippen LogP contribution is 2.30. The molecular formula is C18H24O7S. The Hall–Kier alpha value is -2.22. The van der Waals surface area contributed by atoms with Crippen LogP contribution in [-0.2, 0) is 39.4 Å². The summed E-state index contributed by atoms with van der Waals surface area (Å²) < 4.78 is 27.3. The zero-order valence-electron chi connectivity index (χ0n) is 15.2. The van der Waals surface area contributed by atoms with E-state index in [1.807, 2.05) is 0 Å². The van der Waals surface area contributed by atoms with E-state index in [0.717, 1.165) is 0 Å². The molecule has 26 heavy (non-hydrogen) atoms. The molecule has 0 bridgehead atoms. The summed E-state index contributed by atoms with van der Waals surface area (Å²) >= 11 is 0. The van der Waals surface area contributed by atoms with Crippen LogP contribution in [0.15, 0.2) is 35.2 Å². The predicted octanol–water partition coefficient (Wildman–Crippen LogP) is 1.86. The van der Waals surface area contributed by atoms with Gasteiger partial charge >= 0.3 is 17.9 Å². The maximum absolute atomic E-state index is 12.5. The van der Waals surface area contributed by atoms with Gasteiger partial charge in [0.05, 0.1) is 30.6 Å². The van der Waals surface area contributed by atoms with Crippen molar-refractivity contribution in [3.05, 3.63) is 30.3 Å². The summed E-state index contributed by atoms with van der Waals surface area (Å²) in [7, 11) is -1.51. The van der Waals surface area contributed by atoms with E-state index < -0.39 is 34.1 Å². The second-order valence-corrected chi connectivity index (χ2v) is 6.75. The minimum absolute atomic E-state index is 0.0266. The van der Waals surface area contributed by atoms with Gasteiger partial charge in [0.25, 0.3) is 5.41 Å². The number of hydrogen-bond acceptors (Lipinski definition) is 7. The van der Waals surface area contributed by atoms with Gasteiger partial charge in [-0.25, -0.2) is 0 Å². The third-order valence-corrected chi connectivity index (χ3v) is 4.91. The van der Waals surface area contributed by atoms with E-state index in [1.54, 1.807) is 51.1 Å². The van der Waals surface area contributed by atoms with Crippen molar-refractivity contribution in [2.75, 3.05) is 25.6 Å². The lowest BCUT2D eigenvalue weighted by atomic mass is 9.85. The van der Waals surface area contributed by atoms with Crippen LogP contribution >= 0.6 is 0 Å². The van der Waals surface area contributed by atoms with Gasteiger partial charge in [-0.2, -0.15) is 0 Å². The van der Waals surface area contributed by atoms with Crippen LogP contribution in [0, 0.1) is 5.41 Å². The van der Waals surface area contributed by atoms with Crippen molar-refractivity contribution in [1.29, 1.82) is 0 Å². The summed E-state index contributed by atoms with van der Waals surface area (Å²) in [6.45, 7) is 4.59. The van der Waals surface area contributed by atoms with Crippen molar-refractivity contribution in [1.82, 2.24) is 0 Å². The zero-order valence-corrected chi connectivity index (χ0v) is 16.0. The van der Waals surface area contributed by atoms with Crippen LogP contribution in [0.4, 0.5) is 0 Å². The Balaban J connectivity index is 3.18. The van der Waals surface area contributed by atoms with Crippen LogP contribution < -0.4 is 0 Å². The van der Waals surface area contributed by atoms with E-state index in [1.165, 1.54) is 0 Å². The fourth-order valence-corrected chi connectivity index (χ4v) is 3.44. The van der Waals surface area contributed by atoms with Crippen LogP contribution in [0.5, 0.6) is 0 Å². The molecule has 1 atom stereocenters. The van der Waals surface area contributed by atoms with Crippen molar-refractivity contribution in [2.24, 2.45) is 5.41 Å². The lowest BCUT2D eigenvalue weighted by molar-refractivity contribution is -0.183. The van der Waals surface area contributed by atoms with Gasteiger partial charge < -0.3 is 14.2 Å². The van der Waals surface area contributed by atoms with Crippen molar-refractivity contribution in [3.63, 3.8) is 0 Å². The number of hydrogen-bond donors (Lipinski definition) is 0. The third kappa shape index (κ3) is 5.14. The van der Waals surface area contributed by atoms with Crippen molar-refractivity contribution in [3.8, 4) is 0 Å². The van der Waals surface area contributed by atoms with Gasteiger partial charge in [-0.3, -0.25) is 18.6 Å². The largest absolute Gasteiger partial charge is 0.465 e. The summed E-state index contributed by atoms with van der Waals surface area (Å²) in [5.74, 6) is -3.27. The SMILES string of the molecule is CCOC(=O)C(CCS(=O)c1ccccc1)(C(=O)OCC)C(=O)OCC. The summed E-state index contributed by atoms with van der Waals surface area (Å²) in [5.41, 5.74) is -2.29. The third-order valence-electron chi connectivity index (χ3n) is 3.54. The van der Waals surface area contributed by atoms with Crippen LogP contribution in [-0.4, -0.2) is 47.7 Å². The minimum atomic E-state index is -2.29. The van der Waals surface area contributed by atoms with E-state index in [-0.39, 0.29) is 32.0 Å². The van der Waals surface area contributed by atoms with E-state index in [2.05, 4.69) is 0 Å². The molecule has 0 amide bonds. The van der Waals surface area contributed by atoms with Crippen LogP contribution in [0.2, 0.25) is 0 Å². The normalized spacial score (nSPS) is 12.1. The van der Waals surface area contributed by atoms with Crippen molar-refractivity contribution >= 4 is 28.7 Å². The van der Waals surface area contributed by atoms with Gasteiger partial charge in [0.2, 0.25) is 0 Å². The van der Waals surface area contributed by atoms with Gasteiger partial charge in [-0.15, -0.1) is 0 Å². The number of carbonyl (C=O) groups excluding carboxylic acids is 3. The molecular weight excluding hydrogens is 360 g/mol. The first-order valence-corrected chi connectivity index (χ1v) is 9.70. The maximum atomic E-state index is 12.5. The maximum Gasteiger partial charge on any atom is 0.335 e. The van der Waals surface area contributed by atoms with Gasteiger partial charge in [0.15, 0.2) is 0 Å². The van der Waals surface area contributed by atoms with Crippen LogP contribution in [0.25, 0.3) is 0 Å². The Morgan fingerprint density at radius 3 is 1.65 bits per heavy atom. The molecule has 0 aliphatic rings. The summed E-state index contributed by atoms with van der Waals surface area (Å²) in [6.07, 6.45) is -0.342. The Labute approximate surface area is 155 Å². The fourth-order valence-electron chi connectivity index (χ4n) is 2.25. The fraction of sp³-hybridized carbons (Fsp3) is 0.500. The summed E-state index contributed by atoms with van der Waals surface area (Å²) in [5, 5.41) is 0. The molecule has 1 aromatic rings. The summed E-state index contributed by atoms with van der Waals surface area (Å²) in [6, 6.07) is 8.56. The van der Waals surface area contributed by atoms with E-state index in [0.29, 0.717) is 4.90 Å². The molecule has 8 heteroatoms. The smallest absolute Gasteiger partial charge is 0.335 e. The molecule has 0 N–H and O–H groups in total. The average Bonchev–Trinajstić information content (AvgIpc) is 2.63. The molecule has 0 fully saturated rings. The highest BCUT2D eigenvalue weighted by molar-refractivity contribution is 7.85. The average molecular weight is 384 g/mol. The standard InChI is InChI=1S/C18H24O7S/c1-4-23-15(19)18(16(20)24-5-2,17(21)25-6-3)12-13-26(22)14-10-8-7-9-11-14/h7-11H,4-6,12-13H2,1-3H3. The molecule has 0 aliphatic carbocycles. The molecule has 1 aromatic carbocycles. The molecule has 144 valence electrons. The Bertz CT molecular complexity index is 597. The monoisotopic (exact) mass is 384 g/mol. The van der Waals surface area contributed by atoms with E-state index in [9.17, 15) is 18.6 Å². The predicted molar refractivity (Wildman–Crippen MR) is 94.7 cm³/mol. The molecule has 0 radical (unpaired) electrons. The lowest BCUT2D eigenvalue weighted by Gasteiger charge is -2.26. The number of rotatable bonds is 10. The second kappa shape index (κ2) is 10.7. The molecule has 0 saturated carbocycles. The number of carbonyl (C=O) groups is 3. The molecule has 0 spiro atoms. The van der Waals surface area contributed by atoms with Gasteiger partial charge in [-0.05, 0) is 39.3 Å². The van der Waals surface area contributed by atoms with Crippen molar-refractivity contribution < 1.29 is 32.8 Å². The first kappa shape index (κ1) is 21.8. The Kier molecular flexibility index (Phi) is 8.98. The Morgan fingerprint density at radius 1 is 0.846 bits per heavy atom. The zero-order chi connectivity index (χ0) is 19.6. The molecule has 0 heterocycles. The highest BCUT2D eigenvalue weighted by atomic mass is 32.2. The number of benzene rings is 1. The first-order chi connectivity index (χ1) is 12.4. The summed E-state index contributed by atoms with van der Waals surface area (Å²) in [4.78, 5) is 38.1. The van der Waals surface area contributed by atoms with Crippen LogP contribution in [0.3, 0.4) is 0 Å². The number of esters is 3. The topological polar surface area (TPSA) is 96.0 Å².